The fourth-order valence-electron chi connectivity index (χ4n) is 2.16. The van der Waals surface area contributed by atoms with Crippen molar-refractivity contribution in [2.24, 2.45) is 5.92 Å². The highest BCUT2D eigenvalue weighted by Crippen LogP contribution is 2.35. The maximum Gasteiger partial charge on any atom is 0.321 e. The van der Waals surface area contributed by atoms with Crippen LogP contribution in [0.25, 0.3) is 0 Å². The van der Waals surface area contributed by atoms with Crippen molar-refractivity contribution < 1.29 is 4.79 Å². The molecule has 0 bridgehead atoms. The second kappa shape index (κ2) is 5.85. The Morgan fingerprint density at radius 2 is 2.11 bits per heavy atom. The molecular formula is C12H14BCl2N2O. The molecule has 2 amide bonds. The Morgan fingerprint density at radius 3 is 2.72 bits per heavy atom. The molecule has 3 nitrogen and oxygen atoms in total. The van der Waals surface area contributed by atoms with Gasteiger partial charge in [0.1, 0.15) is 7.28 Å². The van der Waals surface area contributed by atoms with E-state index in [2.05, 4.69) is 12.6 Å². The van der Waals surface area contributed by atoms with Gasteiger partial charge in [0.15, 0.2) is 0 Å². The number of benzene rings is 1. The van der Waals surface area contributed by atoms with E-state index in [4.69, 9.17) is 23.2 Å². The summed E-state index contributed by atoms with van der Waals surface area (Å²) in [7, 11) is 2.11. The molecule has 1 fully saturated rings. The standard InChI is InChI=1S/C12H14BCl2N2O/c1-13-5-8-6-16-12(18)17(7-8)11-9(14)3-2-4-10(11)15/h2-4,8H,5-7H2,1H3,(H,16,18). The molecule has 1 atom stereocenters. The lowest BCUT2D eigenvalue weighted by atomic mass is 9.72. The average Bonchev–Trinajstić information content (AvgIpc) is 2.33. The van der Waals surface area contributed by atoms with Gasteiger partial charge in [0.2, 0.25) is 0 Å². The van der Waals surface area contributed by atoms with E-state index in [0.717, 1.165) is 6.32 Å². The van der Waals surface area contributed by atoms with Gasteiger partial charge in [-0.25, -0.2) is 4.79 Å². The lowest BCUT2D eigenvalue weighted by Crippen LogP contribution is -2.51. The minimum Gasteiger partial charge on any atom is -0.337 e. The number of carbonyl (C=O) groups excluding carboxylic acids is 1. The number of carbonyl (C=O) groups is 1. The van der Waals surface area contributed by atoms with Crippen LogP contribution in [0, 0.1) is 5.92 Å². The summed E-state index contributed by atoms with van der Waals surface area (Å²) in [4.78, 5) is 13.6. The molecule has 1 unspecified atom stereocenters. The molecule has 1 aromatic rings. The van der Waals surface area contributed by atoms with Crippen LogP contribution in [-0.2, 0) is 0 Å². The monoisotopic (exact) mass is 283 g/mol. The van der Waals surface area contributed by atoms with Gasteiger partial charge in [0.05, 0.1) is 15.7 Å². The van der Waals surface area contributed by atoms with Crippen LogP contribution in [-0.4, -0.2) is 26.4 Å². The van der Waals surface area contributed by atoms with Crippen molar-refractivity contribution in [1.82, 2.24) is 5.32 Å². The zero-order valence-electron chi connectivity index (χ0n) is 10.1. The quantitative estimate of drug-likeness (QED) is 0.848. The van der Waals surface area contributed by atoms with Gasteiger partial charge in [-0.05, 0) is 18.1 Å². The third-order valence-electron chi connectivity index (χ3n) is 3.00. The normalized spacial score (nSPS) is 19.6. The van der Waals surface area contributed by atoms with Crippen LogP contribution in [0.2, 0.25) is 23.2 Å². The summed E-state index contributed by atoms with van der Waals surface area (Å²) >= 11 is 12.3. The first-order chi connectivity index (χ1) is 8.63. The van der Waals surface area contributed by atoms with Crippen LogP contribution >= 0.6 is 23.2 Å². The largest absolute Gasteiger partial charge is 0.337 e. The number of nitrogens with one attached hydrogen (secondary N) is 1. The highest BCUT2D eigenvalue weighted by molar-refractivity contribution is 6.40. The van der Waals surface area contributed by atoms with E-state index >= 15 is 0 Å². The highest BCUT2D eigenvalue weighted by atomic mass is 35.5. The van der Waals surface area contributed by atoms with E-state index in [-0.39, 0.29) is 6.03 Å². The molecule has 0 saturated carbocycles. The van der Waals surface area contributed by atoms with Crippen molar-refractivity contribution in [3.8, 4) is 0 Å². The lowest BCUT2D eigenvalue weighted by molar-refractivity contribution is 0.238. The zero-order valence-corrected chi connectivity index (χ0v) is 11.6. The Kier molecular flexibility index (Phi) is 4.41. The van der Waals surface area contributed by atoms with E-state index in [0.29, 0.717) is 34.7 Å². The molecule has 6 heteroatoms. The molecular weight excluding hydrogens is 270 g/mol. The van der Waals surface area contributed by atoms with Crippen LogP contribution in [0.3, 0.4) is 0 Å². The summed E-state index contributed by atoms with van der Waals surface area (Å²) in [5.41, 5.74) is 0.596. The Balaban J connectivity index is 2.27. The third kappa shape index (κ3) is 2.75. The maximum atomic E-state index is 11.9. The topological polar surface area (TPSA) is 32.3 Å². The Bertz CT molecular complexity index is 435. The van der Waals surface area contributed by atoms with Gasteiger partial charge in [-0.3, -0.25) is 4.90 Å². The molecule has 1 aliphatic rings. The molecule has 95 valence electrons. The van der Waals surface area contributed by atoms with Gasteiger partial charge in [0, 0.05) is 13.1 Å². The third-order valence-corrected chi connectivity index (χ3v) is 3.61. The van der Waals surface area contributed by atoms with Gasteiger partial charge >= 0.3 is 6.03 Å². The van der Waals surface area contributed by atoms with Crippen LogP contribution in [0.5, 0.6) is 0 Å². The number of amides is 2. The predicted octanol–water partition coefficient (Wildman–Crippen LogP) is 3.31. The fraction of sp³-hybridized carbons (Fsp3) is 0.417. The summed E-state index contributed by atoms with van der Waals surface area (Å²) in [6, 6.07) is 5.11. The minimum atomic E-state index is -0.141. The molecule has 0 spiro atoms. The van der Waals surface area contributed by atoms with Gasteiger partial charge < -0.3 is 5.32 Å². The second-order valence-electron chi connectivity index (χ2n) is 4.38. The summed E-state index contributed by atoms with van der Waals surface area (Å²) in [5.74, 6) is 0.389. The molecule has 1 saturated heterocycles. The molecule has 0 aromatic heterocycles. The SMILES string of the molecule is C[B]CC1CNC(=O)N(c2c(Cl)cccc2Cl)C1. The van der Waals surface area contributed by atoms with E-state index < -0.39 is 0 Å². The van der Waals surface area contributed by atoms with E-state index in [9.17, 15) is 4.79 Å². The number of urea groups is 1. The lowest BCUT2D eigenvalue weighted by Gasteiger charge is -2.34. The van der Waals surface area contributed by atoms with Crippen molar-refractivity contribution in [2.75, 3.05) is 18.0 Å². The van der Waals surface area contributed by atoms with Gasteiger partial charge in [-0.1, -0.05) is 42.4 Å². The molecule has 2 rings (SSSR count). The van der Waals surface area contributed by atoms with E-state index in [1.807, 2.05) is 6.82 Å². The summed E-state index contributed by atoms with van der Waals surface area (Å²) < 4.78 is 0. The van der Waals surface area contributed by atoms with Gasteiger partial charge in [-0.2, -0.15) is 0 Å². The van der Waals surface area contributed by atoms with Crippen molar-refractivity contribution >= 4 is 42.2 Å². The minimum absolute atomic E-state index is 0.141. The fourth-order valence-corrected chi connectivity index (χ4v) is 2.77. The summed E-state index contributed by atoms with van der Waals surface area (Å²) in [5, 5.41) is 3.87. The van der Waals surface area contributed by atoms with Crippen LogP contribution in [0.1, 0.15) is 0 Å². The smallest absolute Gasteiger partial charge is 0.321 e. The Morgan fingerprint density at radius 1 is 1.44 bits per heavy atom. The summed E-state index contributed by atoms with van der Waals surface area (Å²) in [6.07, 6.45) is 0.957. The number of anilines is 1. The molecule has 1 aromatic carbocycles. The molecule has 1 N–H and O–H groups in total. The van der Waals surface area contributed by atoms with Crippen LogP contribution < -0.4 is 10.2 Å². The van der Waals surface area contributed by atoms with Crippen molar-refractivity contribution in [3.05, 3.63) is 28.2 Å². The molecule has 1 radical (unpaired) electrons. The zero-order chi connectivity index (χ0) is 13.1. The maximum absolute atomic E-state index is 11.9. The predicted molar refractivity (Wildman–Crippen MR) is 77.1 cm³/mol. The number of hydrogen-bond acceptors (Lipinski definition) is 1. The van der Waals surface area contributed by atoms with E-state index in [1.54, 1.807) is 23.1 Å². The number of nitrogens with zero attached hydrogens (tertiary/aromatic N) is 1. The molecule has 1 aliphatic heterocycles. The Labute approximate surface area is 118 Å². The first kappa shape index (κ1) is 13.6. The van der Waals surface area contributed by atoms with E-state index in [1.165, 1.54) is 0 Å². The molecule has 18 heavy (non-hydrogen) atoms. The molecule has 1 heterocycles. The first-order valence-corrected chi connectivity index (χ1v) is 6.66. The van der Waals surface area contributed by atoms with Crippen molar-refractivity contribution in [2.45, 2.75) is 13.1 Å². The number of rotatable bonds is 3. The number of halogens is 2. The van der Waals surface area contributed by atoms with Gasteiger partial charge in [0.25, 0.3) is 0 Å². The Hall–Kier alpha value is -0.865. The summed E-state index contributed by atoms with van der Waals surface area (Å²) in [6.45, 7) is 3.35. The van der Waals surface area contributed by atoms with Crippen LogP contribution in [0.15, 0.2) is 18.2 Å². The first-order valence-electron chi connectivity index (χ1n) is 5.90. The number of hydrogen-bond donors (Lipinski definition) is 1. The van der Waals surface area contributed by atoms with Crippen molar-refractivity contribution in [1.29, 1.82) is 0 Å². The van der Waals surface area contributed by atoms with Crippen LogP contribution in [0.4, 0.5) is 10.5 Å². The van der Waals surface area contributed by atoms with Gasteiger partial charge in [-0.15, -0.1) is 0 Å². The highest BCUT2D eigenvalue weighted by Gasteiger charge is 2.28. The number of para-hydroxylation sites is 1. The molecule has 0 aliphatic carbocycles. The second-order valence-corrected chi connectivity index (χ2v) is 5.19. The van der Waals surface area contributed by atoms with Crippen molar-refractivity contribution in [3.63, 3.8) is 0 Å². The average molecular weight is 284 g/mol.